The number of aromatic nitrogens is 3. The molecule has 7 heteroatoms. The number of carbonyl (C=O) groups is 2. The number of esters is 2. The van der Waals surface area contributed by atoms with Gasteiger partial charge in [0.15, 0.2) is 5.69 Å². The van der Waals surface area contributed by atoms with Crippen molar-refractivity contribution in [3.05, 3.63) is 47.3 Å². The highest BCUT2D eigenvalue weighted by molar-refractivity contribution is 5.89. The molecule has 1 N–H and O–H groups in total. The zero-order valence-corrected chi connectivity index (χ0v) is 14.7. The van der Waals surface area contributed by atoms with Gasteiger partial charge in [0.1, 0.15) is 5.60 Å². The second kappa shape index (κ2) is 8.41. The third kappa shape index (κ3) is 6.02. The van der Waals surface area contributed by atoms with E-state index < -0.39 is 11.6 Å². The van der Waals surface area contributed by atoms with Crippen molar-refractivity contribution in [2.75, 3.05) is 6.61 Å². The Hall–Kier alpha value is -2.70. The molecule has 1 aromatic carbocycles. The number of unbranched alkanes of at least 4 members (excludes halogenated alkanes) is 1. The van der Waals surface area contributed by atoms with Crippen LogP contribution in [0.25, 0.3) is 0 Å². The van der Waals surface area contributed by atoms with E-state index in [1.165, 1.54) is 0 Å². The Morgan fingerprint density at radius 2 is 1.76 bits per heavy atom. The fourth-order valence-electron chi connectivity index (χ4n) is 2.13. The molecule has 0 amide bonds. The summed E-state index contributed by atoms with van der Waals surface area (Å²) in [5, 5.41) is 10.3. The maximum atomic E-state index is 12.1. The summed E-state index contributed by atoms with van der Waals surface area (Å²) in [5.74, 6) is -0.830. The smallest absolute Gasteiger partial charge is 0.361 e. The van der Waals surface area contributed by atoms with Crippen LogP contribution in [0, 0.1) is 0 Å². The number of rotatable bonds is 7. The van der Waals surface area contributed by atoms with Gasteiger partial charge in [-0.25, -0.2) is 9.59 Å². The lowest BCUT2D eigenvalue weighted by Gasteiger charge is -2.18. The summed E-state index contributed by atoms with van der Waals surface area (Å²) < 4.78 is 10.5. The number of H-pyrrole nitrogens is 1. The molecule has 0 aliphatic heterocycles. The SMILES string of the molecule is CC(C)(C)OC(=O)c1n[nH]nc1CCCCOC(=O)c1ccccc1. The van der Waals surface area contributed by atoms with E-state index in [9.17, 15) is 9.59 Å². The molecular weight excluding hydrogens is 322 g/mol. The monoisotopic (exact) mass is 345 g/mol. The van der Waals surface area contributed by atoms with Gasteiger partial charge in [0.2, 0.25) is 0 Å². The molecule has 134 valence electrons. The van der Waals surface area contributed by atoms with Gasteiger partial charge in [-0.05, 0) is 52.2 Å². The van der Waals surface area contributed by atoms with Gasteiger partial charge in [0, 0.05) is 0 Å². The first-order chi connectivity index (χ1) is 11.9. The van der Waals surface area contributed by atoms with Crippen molar-refractivity contribution in [2.45, 2.75) is 45.6 Å². The first-order valence-electron chi connectivity index (χ1n) is 8.22. The van der Waals surface area contributed by atoms with Crippen LogP contribution in [0.1, 0.15) is 60.2 Å². The zero-order valence-electron chi connectivity index (χ0n) is 14.7. The maximum Gasteiger partial charge on any atom is 0.361 e. The Morgan fingerprint density at radius 3 is 2.44 bits per heavy atom. The maximum absolute atomic E-state index is 12.1. The topological polar surface area (TPSA) is 94.2 Å². The van der Waals surface area contributed by atoms with Crippen molar-refractivity contribution >= 4 is 11.9 Å². The Morgan fingerprint density at radius 1 is 1.04 bits per heavy atom. The summed E-state index contributed by atoms with van der Waals surface area (Å²) >= 11 is 0. The fourth-order valence-corrected chi connectivity index (χ4v) is 2.13. The van der Waals surface area contributed by atoms with Gasteiger partial charge < -0.3 is 9.47 Å². The largest absolute Gasteiger partial charge is 0.462 e. The van der Waals surface area contributed by atoms with Crippen LogP contribution in [-0.2, 0) is 15.9 Å². The molecule has 1 heterocycles. The second-order valence-electron chi connectivity index (χ2n) is 6.58. The molecule has 0 saturated carbocycles. The molecule has 0 aliphatic rings. The van der Waals surface area contributed by atoms with Crippen molar-refractivity contribution < 1.29 is 19.1 Å². The summed E-state index contributed by atoms with van der Waals surface area (Å²) in [6, 6.07) is 8.85. The first-order valence-corrected chi connectivity index (χ1v) is 8.22. The van der Waals surface area contributed by atoms with E-state index >= 15 is 0 Å². The molecule has 0 bridgehead atoms. The summed E-state index contributed by atoms with van der Waals surface area (Å²) in [7, 11) is 0. The molecule has 0 radical (unpaired) electrons. The quantitative estimate of drug-likeness (QED) is 0.612. The molecule has 0 atom stereocenters. The minimum atomic E-state index is -0.584. The Bertz CT molecular complexity index is 705. The van der Waals surface area contributed by atoms with Gasteiger partial charge in [-0.2, -0.15) is 10.3 Å². The van der Waals surface area contributed by atoms with Gasteiger partial charge in [0.25, 0.3) is 0 Å². The van der Waals surface area contributed by atoms with E-state index in [0.29, 0.717) is 37.1 Å². The van der Waals surface area contributed by atoms with Gasteiger partial charge in [-0.3, -0.25) is 0 Å². The van der Waals surface area contributed by atoms with Crippen LogP contribution in [0.4, 0.5) is 0 Å². The predicted octanol–water partition coefficient (Wildman–Crippen LogP) is 2.94. The number of hydrogen-bond acceptors (Lipinski definition) is 6. The molecule has 1 aromatic heterocycles. The van der Waals surface area contributed by atoms with Crippen LogP contribution >= 0.6 is 0 Å². The van der Waals surface area contributed by atoms with Crippen LogP contribution < -0.4 is 0 Å². The minimum Gasteiger partial charge on any atom is -0.462 e. The second-order valence-corrected chi connectivity index (χ2v) is 6.58. The Kier molecular flexibility index (Phi) is 6.27. The molecular formula is C18H23N3O4. The molecule has 25 heavy (non-hydrogen) atoms. The first kappa shape index (κ1) is 18.6. The lowest BCUT2D eigenvalue weighted by molar-refractivity contribution is 0.00614. The standard InChI is InChI=1S/C18H23N3O4/c1-18(2,3)25-17(23)15-14(19-21-20-15)11-7-8-12-24-16(22)13-9-5-4-6-10-13/h4-6,9-10H,7-8,11-12H2,1-3H3,(H,19,20,21). The van der Waals surface area contributed by atoms with Crippen LogP contribution in [0.15, 0.2) is 30.3 Å². The minimum absolute atomic E-state index is 0.205. The van der Waals surface area contributed by atoms with Crippen LogP contribution in [0.2, 0.25) is 0 Å². The Labute approximate surface area is 146 Å². The Balaban J connectivity index is 1.75. The number of aromatic amines is 1. The van der Waals surface area contributed by atoms with Crippen molar-refractivity contribution in [3.63, 3.8) is 0 Å². The van der Waals surface area contributed by atoms with Crippen LogP contribution in [0.3, 0.4) is 0 Å². The fraction of sp³-hybridized carbons (Fsp3) is 0.444. The summed E-state index contributed by atoms with van der Waals surface area (Å²) in [5.41, 5.74) is 0.713. The van der Waals surface area contributed by atoms with Gasteiger partial charge in [-0.1, -0.05) is 18.2 Å². The highest BCUT2D eigenvalue weighted by Crippen LogP contribution is 2.14. The molecule has 0 fully saturated rings. The number of carbonyl (C=O) groups excluding carboxylic acids is 2. The third-order valence-electron chi connectivity index (χ3n) is 3.26. The summed E-state index contributed by atoms with van der Waals surface area (Å²) in [6.45, 7) is 5.70. The van der Waals surface area contributed by atoms with Crippen molar-refractivity contribution in [2.24, 2.45) is 0 Å². The lowest BCUT2D eigenvalue weighted by Crippen LogP contribution is -2.24. The molecule has 0 aliphatic carbocycles. The number of ether oxygens (including phenoxy) is 2. The average molecular weight is 345 g/mol. The number of nitrogens with zero attached hydrogens (tertiary/aromatic N) is 2. The lowest BCUT2D eigenvalue weighted by atomic mass is 10.1. The van der Waals surface area contributed by atoms with Crippen molar-refractivity contribution in [1.29, 1.82) is 0 Å². The van der Waals surface area contributed by atoms with Crippen molar-refractivity contribution in [1.82, 2.24) is 15.4 Å². The van der Waals surface area contributed by atoms with E-state index in [-0.39, 0.29) is 11.7 Å². The highest BCUT2D eigenvalue weighted by atomic mass is 16.6. The van der Waals surface area contributed by atoms with E-state index in [1.54, 1.807) is 45.0 Å². The third-order valence-corrected chi connectivity index (χ3v) is 3.26. The van der Waals surface area contributed by atoms with Gasteiger partial charge >= 0.3 is 11.9 Å². The molecule has 7 nitrogen and oxygen atoms in total. The molecule has 0 saturated heterocycles. The van der Waals surface area contributed by atoms with E-state index in [2.05, 4.69) is 15.4 Å². The summed E-state index contributed by atoms with van der Waals surface area (Å²) in [6.07, 6.45) is 1.93. The normalized spacial score (nSPS) is 11.2. The number of nitrogens with one attached hydrogen (secondary N) is 1. The average Bonchev–Trinajstić information content (AvgIpc) is 3.02. The molecule has 0 spiro atoms. The van der Waals surface area contributed by atoms with E-state index in [1.807, 2.05) is 6.07 Å². The highest BCUT2D eigenvalue weighted by Gasteiger charge is 2.23. The number of hydrogen-bond donors (Lipinski definition) is 1. The summed E-state index contributed by atoms with van der Waals surface area (Å²) in [4.78, 5) is 23.9. The number of benzene rings is 1. The molecule has 2 rings (SSSR count). The number of aryl methyl sites for hydroxylation is 1. The van der Waals surface area contributed by atoms with Crippen LogP contribution in [-0.4, -0.2) is 39.6 Å². The molecule has 2 aromatic rings. The van der Waals surface area contributed by atoms with Gasteiger partial charge in [0.05, 0.1) is 17.9 Å². The van der Waals surface area contributed by atoms with E-state index in [0.717, 1.165) is 0 Å². The predicted molar refractivity (Wildman–Crippen MR) is 91.2 cm³/mol. The molecule has 0 unspecified atom stereocenters. The van der Waals surface area contributed by atoms with Crippen molar-refractivity contribution in [3.8, 4) is 0 Å². The van der Waals surface area contributed by atoms with E-state index in [4.69, 9.17) is 9.47 Å². The van der Waals surface area contributed by atoms with Gasteiger partial charge in [-0.15, -0.1) is 5.10 Å². The zero-order chi connectivity index (χ0) is 18.3. The van der Waals surface area contributed by atoms with Crippen LogP contribution in [0.5, 0.6) is 0 Å².